The molecule has 2 rings (SSSR count). The van der Waals surface area contributed by atoms with E-state index in [1.165, 1.54) is 45.2 Å². The van der Waals surface area contributed by atoms with Crippen LogP contribution in [0.2, 0.25) is 0 Å². The Morgan fingerprint density at radius 1 is 0.909 bits per heavy atom. The summed E-state index contributed by atoms with van der Waals surface area (Å²) in [6.45, 7) is 2.76. The van der Waals surface area contributed by atoms with Crippen LogP contribution in [-0.4, -0.2) is 25.0 Å². The van der Waals surface area contributed by atoms with E-state index in [0.29, 0.717) is 0 Å². The van der Waals surface area contributed by atoms with Gasteiger partial charge in [0, 0.05) is 13.1 Å². The van der Waals surface area contributed by atoms with Crippen molar-refractivity contribution >= 4 is 0 Å². The van der Waals surface area contributed by atoms with E-state index in [-0.39, 0.29) is 0 Å². The van der Waals surface area contributed by atoms with E-state index in [4.69, 9.17) is 0 Å². The van der Waals surface area contributed by atoms with Crippen molar-refractivity contribution in [1.29, 1.82) is 0 Å². The summed E-state index contributed by atoms with van der Waals surface area (Å²) in [7, 11) is 2.27. The maximum absolute atomic E-state index is 2.51. The molecule has 2 atom stereocenters. The minimum absolute atomic E-state index is 1.06. The van der Waals surface area contributed by atoms with Crippen molar-refractivity contribution in [3.63, 3.8) is 0 Å². The Kier molecular flexibility index (Phi) is 2.17. The van der Waals surface area contributed by atoms with Gasteiger partial charge in [-0.1, -0.05) is 19.3 Å². The van der Waals surface area contributed by atoms with Gasteiger partial charge in [0.2, 0.25) is 0 Å². The molecule has 0 spiro atoms. The number of rotatable bonds is 0. The van der Waals surface area contributed by atoms with Crippen LogP contribution in [0.25, 0.3) is 0 Å². The molecule has 1 heteroatoms. The molecule has 1 aliphatic carbocycles. The van der Waals surface area contributed by atoms with Crippen molar-refractivity contribution in [1.82, 2.24) is 4.90 Å². The third kappa shape index (κ3) is 1.58. The number of nitrogens with zero attached hydrogens (tertiary/aromatic N) is 1. The molecule has 0 aromatic carbocycles. The highest BCUT2D eigenvalue weighted by atomic mass is 15.1. The van der Waals surface area contributed by atoms with E-state index in [9.17, 15) is 0 Å². The molecule has 2 unspecified atom stereocenters. The lowest BCUT2D eigenvalue weighted by molar-refractivity contribution is 0.382. The van der Waals surface area contributed by atoms with Crippen molar-refractivity contribution in [2.24, 2.45) is 11.8 Å². The molecule has 11 heavy (non-hydrogen) atoms. The summed E-state index contributed by atoms with van der Waals surface area (Å²) in [5.41, 5.74) is 0. The quantitative estimate of drug-likeness (QED) is 0.515. The average molecular weight is 153 g/mol. The summed E-state index contributed by atoms with van der Waals surface area (Å²) in [6.07, 6.45) is 7.50. The Labute approximate surface area is 69.8 Å². The zero-order valence-electron chi connectivity index (χ0n) is 7.55. The number of fused-ring (bicyclic) bond motifs is 1. The molecule has 0 aromatic heterocycles. The lowest BCUT2D eigenvalue weighted by Gasteiger charge is -2.12. The van der Waals surface area contributed by atoms with Gasteiger partial charge in [-0.15, -0.1) is 0 Å². The monoisotopic (exact) mass is 153 g/mol. The van der Waals surface area contributed by atoms with Crippen LogP contribution in [0.4, 0.5) is 0 Å². The van der Waals surface area contributed by atoms with E-state index < -0.39 is 0 Å². The molecule has 1 saturated carbocycles. The number of hydrogen-bond donors (Lipinski definition) is 0. The molecule has 1 heterocycles. The fourth-order valence-corrected chi connectivity index (χ4v) is 2.82. The van der Waals surface area contributed by atoms with Crippen LogP contribution >= 0.6 is 0 Å². The summed E-state index contributed by atoms with van der Waals surface area (Å²) >= 11 is 0. The SMILES string of the molecule is CN1CC2CCCCCC2C1. The van der Waals surface area contributed by atoms with Crippen LogP contribution in [0.15, 0.2) is 0 Å². The smallest absolute Gasteiger partial charge is 0.000985 e. The fraction of sp³-hybridized carbons (Fsp3) is 1.00. The Morgan fingerprint density at radius 3 is 2.00 bits per heavy atom. The third-order valence-corrected chi connectivity index (χ3v) is 3.41. The van der Waals surface area contributed by atoms with Crippen LogP contribution < -0.4 is 0 Å². The van der Waals surface area contributed by atoms with Gasteiger partial charge in [-0.3, -0.25) is 0 Å². The Hall–Kier alpha value is -0.0400. The molecular formula is C10H19N. The summed E-state index contributed by atoms with van der Waals surface area (Å²) in [4.78, 5) is 2.51. The fourth-order valence-electron chi connectivity index (χ4n) is 2.82. The maximum Gasteiger partial charge on any atom is 0.000985 e. The Balaban J connectivity index is 1.96. The van der Waals surface area contributed by atoms with Gasteiger partial charge in [-0.2, -0.15) is 0 Å². The van der Waals surface area contributed by atoms with E-state index in [0.717, 1.165) is 11.8 Å². The first-order chi connectivity index (χ1) is 5.36. The standard InChI is InChI=1S/C10H19N/c1-11-7-9-5-3-2-4-6-10(9)8-11/h9-10H,2-8H2,1H3. The first-order valence-corrected chi connectivity index (χ1v) is 5.05. The van der Waals surface area contributed by atoms with Crippen molar-refractivity contribution in [3.8, 4) is 0 Å². The highest BCUT2D eigenvalue weighted by Crippen LogP contribution is 2.33. The molecule has 0 bridgehead atoms. The largest absolute Gasteiger partial charge is 0.306 e. The maximum atomic E-state index is 2.51. The zero-order valence-corrected chi connectivity index (χ0v) is 7.55. The second kappa shape index (κ2) is 3.14. The second-order valence-electron chi connectivity index (χ2n) is 4.38. The van der Waals surface area contributed by atoms with Gasteiger partial charge in [-0.25, -0.2) is 0 Å². The normalized spacial score (nSPS) is 40.1. The minimum atomic E-state index is 1.06. The van der Waals surface area contributed by atoms with E-state index >= 15 is 0 Å². The van der Waals surface area contributed by atoms with Gasteiger partial charge in [0.25, 0.3) is 0 Å². The third-order valence-electron chi connectivity index (χ3n) is 3.41. The van der Waals surface area contributed by atoms with Gasteiger partial charge in [0.05, 0.1) is 0 Å². The van der Waals surface area contributed by atoms with Gasteiger partial charge in [0.15, 0.2) is 0 Å². The topological polar surface area (TPSA) is 3.24 Å². The minimum Gasteiger partial charge on any atom is -0.306 e. The highest BCUT2D eigenvalue weighted by Gasteiger charge is 2.30. The lowest BCUT2D eigenvalue weighted by Crippen LogP contribution is -2.14. The molecule has 0 aromatic rings. The van der Waals surface area contributed by atoms with Crippen molar-refractivity contribution in [2.75, 3.05) is 20.1 Å². The molecule has 0 amide bonds. The van der Waals surface area contributed by atoms with Gasteiger partial charge < -0.3 is 4.90 Å². The van der Waals surface area contributed by atoms with Crippen LogP contribution in [0.1, 0.15) is 32.1 Å². The van der Waals surface area contributed by atoms with E-state index in [2.05, 4.69) is 11.9 Å². The van der Waals surface area contributed by atoms with Crippen LogP contribution in [0.3, 0.4) is 0 Å². The summed E-state index contributed by atoms with van der Waals surface area (Å²) in [5, 5.41) is 0. The zero-order chi connectivity index (χ0) is 7.68. The highest BCUT2D eigenvalue weighted by molar-refractivity contribution is 4.83. The molecule has 1 aliphatic heterocycles. The van der Waals surface area contributed by atoms with Gasteiger partial charge >= 0.3 is 0 Å². The summed E-state index contributed by atoms with van der Waals surface area (Å²) in [6, 6.07) is 0. The Morgan fingerprint density at radius 2 is 1.45 bits per heavy atom. The van der Waals surface area contributed by atoms with Crippen LogP contribution in [-0.2, 0) is 0 Å². The first-order valence-electron chi connectivity index (χ1n) is 5.05. The second-order valence-corrected chi connectivity index (χ2v) is 4.38. The van der Waals surface area contributed by atoms with Gasteiger partial charge in [-0.05, 0) is 31.7 Å². The average Bonchev–Trinajstić information content (AvgIpc) is 2.17. The molecule has 0 radical (unpaired) electrons. The van der Waals surface area contributed by atoms with E-state index in [1.54, 1.807) is 0 Å². The summed E-state index contributed by atoms with van der Waals surface area (Å²) < 4.78 is 0. The molecular weight excluding hydrogens is 134 g/mol. The molecule has 0 N–H and O–H groups in total. The van der Waals surface area contributed by atoms with Crippen molar-refractivity contribution in [3.05, 3.63) is 0 Å². The molecule has 2 fully saturated rings. The molecule has 1 saturated heterocycles. The molecule has 2 aliphatic rings. The molecule has 64 valence electrons. The van der Waals surface area contributed by atoms with Crippen molar-refractivity contribution in [2.45, 2.75) is 32.1 Å². The first kappa shape index (κ1) is 7.60. The predicted molar refractivity (Wildman–Crippen MR) is 47.6 cm³/mol. The predicted octanol–water partition coefficient (Wildman–Crippen LogP) is 2.13. The lowest BCUT2D eigenvalue weighted by atomic mass is 9.92. The van der Waals surface area contributed by atoms with E-state index in [1.807, 2.05) is 0 Å². The van der Waals surface area contributed by atoms with Crippen LogP contribution in [0, 0.1) is 11.8 Å². The number of likely N-dealkylation sites (tertiary alicyclic amines) is 1. The molecule has 1 nitrogen and oxygen atoms in total. The van der Waals surface area contributed by atoms with Crippen molar-refractivity contribution < 1.29 is 0 Å². The Bertz CT molecular complexity index is 119. The number of hydrogen-bond acceptors (Lipinski definition) is 1. The van der Waals surface area contributed by atoms with Crippen LogP contribution in [0.5, 0.6) is 0 Å². The summed E-state index contributed by atoms with van der Waals surface area (Å²) in [5.74, 6) is 2.12. The van der Waals surface area contributed by atoms with Gasteiger partial charge in [0.1, 0.15) is 0 Å².